The van der Waals surface area contributed by atoms with E-state index in [1.807, 2.05) is 0 Å². The second-order valence-electron chi connectivity index (χ2n) is 3.50. The molecule has 18 heavy (non-hydrogen) atoms. The molecular weight excluding hydrogens is 283 g/mol. The van der Waals surface area contributed by atoms with Gasteiger partial charge in [-0.3, -0.25) is 9.35 Å². The van der Waals surface area contributed by atoms with Crippen molar-refractivity contribution in [3.05, 3.63) is 29.8 Å². The molecule has 1 rings (SSSR count). The summed E-state index contributed by atoms with van der Waals surface area (Å²) in [6.07, 6.45) is 1.52. The molecule has 1 radical (unpaired) electrons. The van der Waals surface area contributed by atoms with Crippen LogP contribution in [0.3, 0.4) is 0 Å². The average Bonchev–Trinajstić information content (AvgIpc) is 2.27. The maximum atomic E-state index is 10.7. The third kappa shape index (κ3) is 7.62. The second kappa shape index (κ2) is 9.19. The Hall–Kier alpha value is 0.236. The van der Waals surface area contributed by atoms with Crippen molar-refractivity contribution >= 4 is 67.8 Å². The van der Waals surface area contributed by atoms with Gasteiger partial charge in [-0.05, 0) is 25.0 Å². The van der Waals surface area contributed by atoms with Crippen LogP contribution in [0.4, 0.5) is 0 Å². The van der Waals surface area contributed by atoms with Crippen LogP contribution in [-0.2, 0) is 10.1 Å². The summed E-state index contributed by atoms with van der Waals surface area (Å²) in [7, 11) is -3.89. The Labute approximate surface area is 149 Å². The van der Waals surface area contributed by atoms with E-state index in [0.29, 0.717) is 37.0 Å². The minimum absolute atomic E-state index is 0. The monoisotopic (exact) mass is 297 g/mol. The van der Waals surface area contributed by atoms with E-state index in [1.165, 1.54) is 0 Å². The average molecular weight is 297 g/mol. The molecular formula is C11H14KO5S. The second-order valence-corrected chi connectivity index (χ2v) is 5.07. The Morgan fingerprint density at radius 3 is 2.50 bits per heavy atom. The van der Waals surface area contributed by atoms with Crippen molar-refractivity contribution in [1.82, 2.24) is 0 Å². The first-order valence-electron chi connectivity index (χ1n) is 5.15. The van der Waals surface area contributed by atoms with Gasteiger partial charge in [0.25, 0.3) is 10.1 Å². The summed E-state index contributed by atoms with van der Waals surface area (Å²) in [6, 6.07) is 6.79. The van der Waals surface area contributed by atoms with Gasteiger partial charge in [0.15, 0.2) is 6.29 Å². The van der Waals surface area contributed by atoms with Gasteiger partial charge in [0.05, 0.1) is 17.9 Å². The van der Waals surface area contributed by atoms with Crippen molar-refractivity contribution in [2.75, 3.05) is 12.4 Å². The number of ether oxygens (including phenoxy) is 1. The summed E-state index contributed by atoms with van der Waals surface area (Å²) < 4.78 is 34.7. The number of benzene rings is 1. The molecule has 0 aliphatic rings. The first-order valence-corrected chi connectivity index (χ1v) is 6.76. The maximum absolute atomic E-state index is 10.7. The van der Waals surface area contributed by atoms with Crippen molar-refractivity contribution < 1.29 is 22.5 Å². The van der Waals surface area contributed by atoms with Crippen LogP contribution in [0.1, 0.15) is 23.2 Å². The minimum Gasteiger partial charge on any atom is -0.493 e. The molecule has 0 spiro atoms. The normalized spacial score (nSPS) is 10.5. The quantitative estimate of drug-likeness (QED) is 0.353. The van der Waals surface area contributed by atoms with Gasteiger partial charge in [0.1, 0.15) is 5.75 Å². The van der Waals surface area contributed by atoms with Crippen LogP contribution in [-0.4, -0.2) is 83.0 Å². The number of para-hydroxylation sites is 1. The number of hydrogen-bond acceptors (Lipinski definition) is 4. The van der Waals surface area contributed by atoms with Crippen molar-refractivity contribution in [3.63, 3.8) is 0 Å². The molecule has 0 fully saturated rings. The standard InChI is InChI=1S/C11H14O5S.K/c12-9-10-5-1-2-6-11(10)16-7-3-4-8-17(13,14)15;/h1-2,5-6,9H,3-4,7-8H2,(H,13,14,15);. The van der Waals surface area contributed by atoms with E-state index in [1.54, 1.807) is 24.3 Å². The summed E-state index contributed by atoms with van der Waals surface area (Å²) in [4.78, 5) is 10.7. The first kappa shape index (κ1) is 18.2. The van der Waals surface area contributed by atoms with Gasteiger partial charge in [-0.2, -0.15) is 8.42 Å². The van der Waals surface area contributed by atoms with Gasteiger partial charge in [0, 0.05) is 51.4 Å². The zero-order valence-corrected chi connectivity index (χ0v) is 14.1. The van der Waals surface area contributed by atoms with Crippen LogP contribution in [0.5, 0.6) is 5.75 Å². The Balaban J connectivity index is 0.00000289. The number of hydrogen-bond donors (Lipinski definition) is 1. The molecule has 1 aromatic rings. The topological polar surface area (TPSA) is 80.7 Å². The fourth-order valence-corrected chi connectivity index (χ4v) is 1.85. The zero-order valence-electron chi connectivity index (χ0n) is 10.2. The van der Waals surface area contributed by atoms with Crippen LogP contribution >= 0.6 is 0 Å². The molecule has 0 unspecified atom stereocenters. The maximum Gasteiger partial charge on any atom is 0.264 e. The first-order chi connectivity index (χ1) is 8.03. The van der Waals surface area contributed by atoms with E-state index in [0.717, 1.165) is 0 Å². The predicted octanol–water partition coefficient (Wildman–Crippen LogP) is 1.17. The molecule has 95 valence electrons. The molecule has 0 saturated heterocycles. The summed E-state index contributed by atoms with van der Waals surface area (Å²) in [5.41, 5.74) is 0.460. The van der Waals surface area contributed by atoms with Crippen molar-refractivity contribution in [3.8, 4) is 5.75 Å². The molecule has 1 N–H and O–H groups in total. The fraction of sp³-hybridized carbons (Fsp3) is 0.364. The molecule has 1 aromatic carbocycles. The van der Waals surface area contributed by atoms with Crippen LogP contribution in [0.25, 0.3) is 0 Å². The van der Waals surface area contributed by atoms with Crippen molar-refractivity contribution in [1.29, 1.82) is 0 Å². The number of rotatable bonds is 7. The van der Waals surface area contributed by atoms with E-state index < -0.39 is 10.1 Å². The smallest absolute Gasteiger partial charge is 0.264 e. The van der Waals surface area contributed by atoms with E-state index in [-0.39, 0.29) is 57.1 Å². The number of carbonyl (C=O) groups excluding carboxylic acids is 1. The van der Waals surface area contributed by atoms with E-state index >= 15 is 0 Å². The number of carbonyl (C=O) groups is 1. The number of unbranched alkanes of at least 4 members (excludes halogenated alkanes) is 1. The molecule has 0 heterocycles. The zero-order chi connectivity index (χ0) is 12.7. The molecule has 0 aliphatic heterocycles. The molecule has 0 aliphatic carbocycles. The third-order valence-corrected chi connectivity index (χ3v) is 2.90. The third-order valence-electron chi connectivity index (χ3n) is 2.10. The summed E-state index contributed by atoms with van der Waals surface area (Å²) in [5, 5.41) is 0. The van der Waals surface area contributed by atoms with Gasteiger partial charge in [0.2, 0.25) is 0 Å². The van der Waals surface area contributed by atoms with Crippen LogP contribution < -0.4 is 4.74 Å². The Kier molecular flexibility index (Phi) is 9.31. The predicted molar refractivity (Wildman–Crippen MR) is 68.7 cm³/mol. The molecule has 0 aromatic heterocycles. The molecule has 7 heteroatoms. The summed E-state index contributed by atoms with van der Waals surface area (Å²) in [6.45, 7) is 0.306. The van der Waals surface area contributed by atoms with Gasteiger partial charge >= 0.3 is 0 Å². The fourth-order valence-electron chi connectivity index (χ4n) is 1.28. The van der Waals surface area contributed by atoms with E-state index in [2.05, 4.69) is 0 Å². The summed E-state index contributed by atoms with van der Waals surface area (Å²) >= 11 is 0. The van der Waals surface area contributed by atoms with Crippen LogP contribution in [0.15, 0.2) is 24.3 Å². The minimum atomic E-state index is -3.89. The van der Waals surface area contributed by atoms with Crippen molar-refractivity contribution in [2.24, 2.45) is 0 Å². The molecule has 5 nitrogen and oxygen atoms in total. The van der Waals surface area contributed by atoms with Gasteiger partial charge in [-0.25, -0.2) is 0 Å². The van der Waals surface area contributed by atoms with Crippen molar-refractivity contribution in [2.45, 2.75) is 12.8 Å². The Morgan fingerprint density at radius 2 is 1.89 bits per heavy atom. The van der Waals surface area contributed by atoms with Gasteiger partial charge < -0.3 is 4.74 Å². The number of aldehydes is 1. The molecule has 0 bridgehead atoms. The molecule has 0 amide bonds. The molecule has 0 atom stereocenters. The Bertz CT molecular complexity index is 472. The molecule has 0 saturated carbocycles. The van der Waals surface area contributed by atoms with Crippen LogP contribution in [0, 0.1) is 0 Å². The van der Waals surface area contributed by atoms with E-state index in [4.69, 9.17) is 9.29 Å². The van der Waals surface area contributed by atoms with Gasteiger partial charge in [-0.1, -0.05) is 12.1 Å². The van der Waals surface area contributed by atoms with E-state index in [9.17, 15) is 13.2 Å². The SMILES string of the molecule is O=Cc1ccccc1OCCCCS(=O)(=O)O.[K]. The van der Waals surface area contributed by atoms with Gasteiger partial charge in [-0.15, -0.1) is 0 Å². The van der Waals surface area contributed by atoms with Crippen LogP contribution in [0.2, 0.25) is 0 Å². The Morgan fingerprint density at radius 1 is 1.22 bits per heavy atom. The largest absolute Gasteiger partial charge is 0.493 e. The summed E-state index contributed by atoms with van der Waals surface area (Å²) in [5.74, 6) is 0.209.